The van der Waals surface area contributed by atoms with Crippen LogP contribution in [0.4, 0.5) is 0 Å². The molecule has 368 valence electrons. The monoisotopic (exact) mass is 876 g/mol. The summed E-state index contributed by atoms with van der Waals surface area (Å²) in [6.45, 7) is 6.51. The van der Waals surface area contributed by atoms with Gasteiger partial charge in [-0.25, -0.2) is 0 Å². The van der Waals surface area contributed by atoms with E-state index in [0.29, 0.717) is 19.3 Å². The van der Waals surface area contributed by atoms with Crippen LogP contribution in [0, 0.1) is 0 Å². The number of hydrogen-bond donors (Lipinski definition) is 3. The van der Waals surface area contributed by atoms with Gasteiger partial charge in [0.25, 0.3) is 0 Å². The number of aliphatic hydroxyl groups excluding tert-OH is 2. The Morgan fingerprint density at radius 3 is 1.15 bits per heavy atom. The Balaban J connectivity index is 4.52. The van der Waals surface area contributed by atoms with Crippen molar-refractivity contribution in [1.82, 2.24) is 5.32 Å². The number of carbonyl (C=O) groups is 2. The number of nitrogens with one attached hydrogen (secondary N) is 1. The van der Waals surface area contributed by atoms with Crippen molar-refractivity contribution in [3.63, 3.8) is 0 Å². The summed E-state index contributed by atoms with van der Waals surface area (Å²) >= 11 is 0. The van der Waals surface area contributed by atoms with Crippen LogP contribution in [0.1, 0.15) is 310 Å². The molecule has 0 rings (SSSR count). The van der Waals surface area contributed by atoms with E-state index >= 15 is 0 Å². The van der Waals surface area contributed by atoms with Gasteiger partial charge in [-0.2, -0.15) is 0 Å². The average molecular weight is 876 g/mol. The number of unbranched alkanes of at least 4 members (excludes halogenated alkanes) is 37. The summed E-state index contributed by atoms with van der Waals surface area (Å²) in [5, 5.41) is 23.8. The topological polar surface area (TPSA) is 95.9 Å². The molecule has 3 N–H and O–H groups in total. The standard InChI is InChI=1S/C56H109NO5/c1-4-7-10-13-16-19-22-24-26-27-29-31-34-37-40-43-46-49-56(61)62-52(47-44-41-38-35-33-30-28-25-23-20-17-14-11-8-5-2)50-55(60)57-53(51-58)54(59)48-45-42-39-36-32-21-18-15-12-9-6-3/h25,28,52-54,58-59H,4-24,26-27,29-51H2,1-3H3,(H,57,60)/b28-25+. The fourth-order valence-electron chi connectivity index (χ4n) is 8.84. The molecule has 0 spiro atoms. The fourth-order valence-corrected chi connectivity index (χ4v) is 8.84. The van der Waals surface area contributed by atoms with Gasteiger partial charge in [-0.05, 0) is 51.4 Å². The van der Waals surface area contributed by atoms with E-state index in [1.165, 1.54) is 205 Å². The van der Waals surface area contributed by atoms with Crippen molar-refractivity contribution in [2.45, 2.75) is 328 Å². The highest BCUT2D eigenvalue weighted by molar-refractivity contribution is 5.77. The Morgan fingerprint density at radius 2 is 0.774 bits per heavy atom. The number of hydrogen-bond acceptors (Lipinski definition) is 5. The molecule has 0 aliphatic carbocycles. The molecule has 3 unspecified atom stereocenters. The highest BCUT2D eigenvalue weighted by atomic mass is 16.5. The molecule has 1 amide bonds. The molecule has 0 aromatic rings. The zero-order chi connectivity index (χ0) is 45.2. The summed E-state index contributed by atoms with van der Waals surface area (Å²) < 4.78 is 5.96. The van der Waals surface area contributed by atoms with Crippen molar-refractivity contribution in [3.8, 4) is 0 Å². The van der Waals surface area contributed by atoms with Crippen LogP contribution in [0.5, 0.6) is 0 Å². The summed E-state index contributed by atoms with van der Waals surface area (Å²) in [5.74, 6) is -0.461. The van der Waals surface area contributed by atoms with E-state index in [1.807, 2.05) is 0 Å². The van der Waals surface area contributed by atoms with E-state index in [1.54, 1.807) is 0 Å². The summed E-state index contributed by atoms with van der Waals surface area (Å²) in [4.78, 5) is 26.2. The van der Waals surface area contributed by atoms with E-state index in [2.05, 4.69) is 38.2 Å². The van der Waals surface area contributed by atoms with Gasteiger partial charge < -0.3 is 20.3 Å². The molecular formula is C56H109NO5. The van der Waals surface area contributed by atoms with Gasteiger partial charge in [-0.15, -0.1) is 0 Å². The van der Waals surface area contributed by atoms with Gasteiger partial charge in [0.2, 0.25) is 5.91 Å². The second-order valence-corrected chi connectivity index (χ2v) is 19.3. The summed E-state index contributed by atoms with van der Waals surface area (Å²) in [6.07, 6.45) is 57.0. The molecule has 6 nitrogen and oxygen atoms in total. The lowest BCUT2D eigenvalue weighted by Crippen LogP contribution is -2.46. The van der Waals surface area contributed by atoms with Gasteiger partial charge in [0.05, 0.1) is 25.2 Å². The predicted molar refractivity (Wildman–Crippen MR) is 269 cm³/mol. The zero-order valence-electron chi connectivity index (χ0n) is 42.0. The van der Waals surface area contributed by atoms with Crippen LogP contribution in [0.3, 0.4) is 0 Å². The van der Waals surface area contributed by atoms with E-state index < -0.39 is 18.2 Å². The first-order chi connectivity index (χ1) is 30.5. The van der Waals surface area contributed by atoms with Crippen LogP contribution >= 0.6 is 0 Å². The zero-order valence-corrected chi connectivity index (χ0v) is 42.0. The lowest BCUT2D eigenvalue weighted by molar-refractivity contribution is -0.151. The molecule has 0 aliphatic rings. The smallest absolute Gasteiger partial charge is 0.306 e. The Kier molecular flexibility index (Phi) is 49.5. The van der Waals surface area contributed by atoms with Crippen LogP contribution in [-0.4, -0.2) is 46.9 Å². The minimum atomic E-state index is -0.784. The van der Waals surface area contributed by atoms with Gasteiger partial charge >= 0.3 is 5.97 Å². The van der Waals surface area contributed by atoms with Crippen LogP contribution in [0.15, 0.2) is 12.2 Å². The largest absolute Gasteiger partial charge is 0.462 e. The second-order valence-electron chi connectivity index (χ2n) is 19.3. The molecule has 0 aliphatic heterocycles. The molecule has 3 atom stereocenters. The van der Waals surface area contributed by atoms with Crippen LogP contribution in [0.2, 0.25) is 0 Å². The molecular weight excluding hydrogens is 767 g/mol. The number of carbonyl (C=O) groups excluding carboxylic acids is 2. The lowest BCUT2D eigenvalue weighted by Gasteiger charge is -2.24. The summed E-state index contributed by atoms with van der Waals surface area (Å²) in [6, 6.07) is -0.697. The first-order valence-electron chi connectivity index (χ1n) is 27.9. The molecule has 0 saturated carbocycles. The third-order valence-electron chi connectivity index (χ3n) is 13.1. The fraction of sp³-hybridized carbons (Fsp3) is 0.929. The van der Waals surface area contributed by atoms with E-state index in [4.69, 9.17) is 4.74 Å². The number of esters is 1. The van der Waals surface area contributed by atoms with Crippen LogP contribution in [-0.2, 0) is 14.3 Å². The normalized spacial score (nSPS) is 13.2. The number of rotatable bonds is 51. The van der Waals surface area contributed by atoms with Crippen molar-refractivity contribution >= 4 is 11.9 Å². The number of aliphatic hydroxyl groups is 2. The summed E-state index contributed by atoms with van der Waals surface area (Å²) in [7, 11) is 0. The Labute approximate surface area is 387 Å². The number of allylic oxidation sites excluding steroid dienone is 2. The average Bonchev–Trinajstić information content (AvgIpc) is 3.26. The quantitative estimate of drug-likeness (QED) is 0.0321. The molecule has 62 heavy (non-hydrogen) atoms. The van der Waals surface area contributed by atoms with Crippen LogP contribution < -0.4 is 5.32 Å². The van der Waals surface area contributed by atoms with Crippen molar-refractivity contribution < 1.29 is 24.5 Å². The highest BCUT2D eigenvalue weighted by Gasteiger charge is 2.24. The molecule has 6 heteroatoms. The third kappa shape index (κ3) is 45.2. The molecule has 0 fully saturated rings. The first-order valence-corrected chi connectivity index (χ1v) is 27.9. The second kappa shape index (κ2) is 50.6. The van der Waals surface area contributed by atoms with Gasteiger partial charge in [-0.1, -0.05) is 258 Å². The van der Waals surface area contributed by atoms with Crippen molar-refractivity contribution in [1.29, 1.82) is 0 Å². The SMILES string of the molecule is CCCCCCCC/C=C/CCCCCCCC(CC(=O)NC(CO)C(O)CCCCCCCCCCCCC)OC(=O)CCCCCCCCCCCCCCCCCCC. The van der Waals surface area contributed by atoms with Crippen molar-refractivity contribution in [2.75, 3.05) is 6.61 Å². The minimum absolute atomic E-state index is 0.0792. The first kappa shape index (κ1) is 60.6. The Bertz CT molecular complexity index is 939. The number of ether oxygens (including phenoxy) is 1. The molecule has 0 saturated heterocycles. The van der Waals surface area contributed by atoms with E-state index in [0.717, 1.165) is 57.8 Å². The predicted octanol–water partition coefficient (Wildman–Crippen LogP) is 16.9. The molecule has 0 aromatic heterocycles. The lowest BCUT2D eigenvalue weighted by atomic mass is 10.0. The minimum Gasteiger partial charge on any atom is -0.462 e. The maximum absolute atomic E-state index is 13.2. The number of amides is 1. The van der Waals surface area contributed by atoms with Gasteiger partial charge in [0.15, 0.2) is 0 Å². The highest BCUT2D eigenvalue weighted by Crippen LogP contribution is 2.19. The molecule has 0 heterocycles. The molecule has 0 radical (unpaired) electrons. The summed E-state index contributed by atoms with van der Waals surface area (Å²) in [5.41, 5.74) is 0. The van der Waals surface area contributed by atoms with Crippen molar-refractivity contribution in [3.05, 3.63) is 12.2 Å². The Morgan fingerprint density at radius 1 is 0.452 bits per heavy atom. The van der Waals surface area contributed by atoms with Gasteiger partial charge in [0.1, 0.15) is 6.10 Å². The maximum Gasteiger partial charge on any atom is 0.306 e. The third-order valence-corrected chi connectivity index (χ3v) is 13.1. The van der Waals surface area contributed by atoms with Gasteiger partial charge in [-0.3, -0.25) is 9.59 Å². The van der Waals surface area contributed by atoms with E-state index in [9.17, 15) is 19.8 Å². The molecule has 0 aromatic carbocycles. The molecule has 0 bridgehead atoms. The van der Waals surface area contributed by atoms with Crippen LogP contribution in [0.25, 0.3) is 0 Å². The Hall–Kier alpha value is -1.40. The van der Waals surface area contributed by atoms with E-state index in [-0.39, 0.29) is 24.9 Å². The van der Waals surface area contributed by atoms with Gasteiger partial charge in [0, 0.05) is 6.42 Å². The van der Waals surface area contributed by atoms with Crippen molar-refractivity contribution in [2.24, 2.45) is 0 Å². The maximum atomic E-state index is 13.2.